The van der Waals surface area contributed by atoms with Gasteiger partial charge >= 0.3 is 0 Å². The number of sulfone groups is 1. The molecule has 0 heterocycles. The van der Waals surface area contributed by atoms with Gasteiger partial charge < -0.3 is 5.32 Å². The maximum absolute atomic E-state index is 11.2. The normalized spacial score (nSPS) is 13.4. The van der Waals surface area contributed by atoms with Crippen molar-refractivity contribution >= 4 is 33.2 Å². The van der Waals surface area contributed by atoms with E-state index in [2.05, 4.69) is 5.32 Å². The van der Waals surface area contributed by atoms with E-state index in [0.717, 1.165) is 22.2 Å². The highest BCUT2D eigenvalue weighted by molar-refractivity contribution is 7.99. The molecule has 0 aromatic heterocycles. The van der Waals surface area contributed by atoms with Crippen molar-refractivity contribution in [2.24, 2.45) is 0 Å². The lowest BCUT2D eigenvalue weighted by molar-refractivity contribution is 0.548. The van der Waals surface area contributed by atoms with Crippen LogP contribution in [0, 0.1) is 0 Å². The molecule has 3 nitrogen and oxygen atoms in total. The molecule has 19 heavy (non-hydrogen) atoms. The zero-order chi connectivity index (χ0) is 14.3. The minimum atomic E-state index is -2.90. The first-order chi connectivity index (χ1) is 8.90. The van der Waals surface area contributed by atoms with Crippen LogP contribution in [0.1, 0.15) is 13.3 Å². The molecule has 0 radical (unpaired) electrons. The zero-order valence-electron chi connectivity index (χ0n) is 11.2. The van der Waals surface area contributed by atoms with Gasteiger partial charge in [0.25, 0.3) is 0 Å². The van der Waals surface area contributed by atoms with Crippen molar-refractivity contribution in [3.05, 3.63) is 29.3 Å². The van der Waals surface area contributed by atoms with Gasteiger partial charge in [-0.1, -0.05) is 24.6 Å². The van der Waals surface area contributed by atoms with Gasteiger partial charge in [-0.05, 0) is 31.2 Å². The first-order valence-electron chi connectivity index (χ1n) is 6.20. The van der Waals surface area contributed by atoms with Gasteiger partial charge in [-0.2, -0.15) is 0 Å². The van der Waals surface area contributed by atoms with Gasteiger partial charge in [0.2, 0.25) is 0 Å². The average Bonchev–Trinajstić information content (AvgIpc) is 2.32. The second kappa shape index (κ2) is 8.15. The van der Waals surface area contributed by atoms with Gasteiger partial charge in [-0.3, -0.25) is 0 Å². The fourth-order valence-corrected chi connectivity index (χ4v) is 3.67. The highest BCUT2D eigenvalue weighted by Crippen LogP contribution is 2.22. The van der Waals surface area contributed by atoms with Crippen molar-refractivity contribution in [2.45, 2.75) is 24.3 Å². The van der Waals surface area contributed by atoms with Crippen molar-refractivity contribution in [3.63, 3.8) is 0 Å². The minimum absolute atomic E-state index is 0.198. The summed E-state index contributed by atoms with van der Waals surface area (Å²) in [7, 11) is -2.90. The van der Waals surface area contributed by atoms with Crippen LogP contribution >= 0.6 is 23.4 Å². The van der Waals surface area contributed by atoms with Crippen LogP contribution < -0.4 is 5.32 Å². The van der Waals surface area contributed by atoms with E-state index in [1.807, 2.05) is 31.2 Å². The lowest BCUT2D eigenvalue weighted by Gasteiger charge is -2.17. The van der Waals surface area contributed by atoms with Crippen LogP contribution in [0.15, 0.2) is 29.2 Å². The van der Waals surface area contributed by atoms with Crippen LogP contribution in [0.25, 0.3) is 0 Å². The fourth-order valence-electron chi connectivity index (χ4n) is 1.64. The van der Waals surface area contributed by atoms with Crippen molar-refractivity contribution in [1.82, 2.24) is 5.32 Å². The fraction of sp³-hybridized carbons (Fsp3) is 0.538. The second-order valence-corrected chi connectivity index (χ2v) is 8.23. The third-order valence-electron chi connectivity index (χ3n) is 2.58. The second-order valence-electron chi connectivity index (χ2n) is 4.44. The van der Waals surface area contributed by atoms with E-state index in [1.165, 1.54) is 6.26 Å². The summed E-state index contributed by atoms with van der Waals surface area (Å²) in [6, 6.07) is 7.89. The molecule has 0 fully saturated rings. The predicted octanol–water partition coefficient (Wildman–Crippen LogP) is 2.84. The first kappa shape index (κ1) is 16.8. The van der Waals surface area contributed by atoms with Crippen LogP contribution in [0.5, 0.6) is 0 Å². The molecule has 0 aliphatic rings. The zero-order valence-corrected chi connectivity index (χ0v) is 13.6. The lowest BCUT2D eigenvalue weighted by atomic mass is 10.2. The molecule has 1 rings (SSSR count). The highest BCUT2D eigenvalue weighted by atomic mass is 35.5. The average molecular weight is 322 g/mol. The Morgan fingerprint density at radius 1 is 1.42 bits per heavy atom. The predicted molar refractivity (Wildman–Crippen MR) is 84.0 cm³/mol. The SMILES string of the molecule is CCNC(CCS(C)(=O)=O)CSc1cccc(Cl)c1. The molecular weight excluding hydrogens is 302 g/mol. The van der Waals surface area contributed by atoms with Crippen LogP contribution in [0.4, 0.5) is 0 Å². The number of hydrogen-bond donors (Lipinski definition) is 1. The molecule has 0 spiro atoms. The molecular formula is C13H20ClNO2S2. The first-order valence-corrected chi connectivity index (χ1v) is 9.62. The van der Waals surface area contributed by atoms with Crippen molar-refractivity contribution in [2.75, 3.05) is 24.3 Å². The molecule has 1 N–H and O–H groups in total. The Bertz CT molecular complexity index is 491. The number of hydrogen-bond acceptors (Lipinski definition) is 4. The monoisotopic (exact) mass is 321 g/mol. The summed E-state index contributed by atoms with van der Waals surface area (Å²) in [6.45, 7) is 2.86. The van der Waals surface area contributed by atoms with Crippen molar-refractivity contribution < 1.29 is 8.42 Å². The minimum Gasteiger partial charge on any atom is -0.313 e. The number of halogens is 1. The maximum atomic E-state index is 11.2. The van der Waals surface area contributed by atoms with Crippen molar-refractivity contribution in [3.8, 4) is 0 Å². The molecule has 1 unspecified atom stereocenters. The van der Waals surface area contributed by atoms with E-state index in [1.54, 1.807) is 11.8 Å². The van der Waals surface area contributed by atoms with Crippen LogP contribution in [0.2, 0.25) is 5.02 Å². The van der Waals surface area contributed by atoms with E-state index in [9.17, 15) is 8.42 Å². The molecule has 1 aromatic carbocycles. The van der Waals surface area contributed by atoms with Crippen LogP contribution in [-0.4, -0.2) is 38.8 Å². The van der Waals surface area contributed by atoms with Crippen LogP contribution in [-0.2, 0) is 9.84 Å². The Balaban J connectivity index is 2.49. The summed E-state index contributed by atoms with van der Waals surface area (Å²) in [6.07, 6.45) is 1.92. The molecule has 6 heteroatoms. The molecule has 0 amide bonds. The molecule has 0 saturated heterocycles. The van der Waals surface area contributed by atoms with Gasteiger partial charge in [-0.25, -0.2) is 8.42 Å². The van der Waals surface area contributed by atoms with E-state index in [0.29, 0.717) is 6.42 Å². The molecule has 0 bridgehead atoms. The summed E-state index contributed by atoms with van der Waals surface area (Å²) < 4.78 is 22.4. The maximum Gasteiger partial charge on any atom is 0.147 e. The lowest BCUT2D eigenvalue weighted by Crippen LogP contribution is -2.33. The third kappa shape index (κ3) is 7.82. The molecule has 1 aromatic rings. The van der Waals surface area contributed by atoms with E-state index in [4.69, 9.17) is 11.6 Å². The topological polar surface area (TPSA) is 46.2 Å². The number of thioether (sulfide) groups is 1. The standard InChI is InChI=1S/C13H20ClNO2S2/c1-3-15-12(7-8-19(2,16)17)10-18-13-6-4-5-11(14)9-13/h4-6,9,12,15H,3,7-8,10H2,1-2H3. The smallest absolute Gasteiger partial charge is 0.147 e. The van der Waals surface area contributed by atoms with Gasteiger partial charge in [0, 0.05) is 28.0 Å². The summed E-state index contributed by atoms with van der Waals surface area (Å²) in [5, 5.41) is 4.05. The summed E-state index contributed by atoms with van der Waals surface area (Å²) in [5.74, 6) is 1.06. The summed E-state index contributed by atoms with van der Waals surface area (Å²) >= 11 is 7.63. The number of nitrogens with one attached hydrogen (secondary N) is 1. The Kier molecular flexibility index (Phi) is 7.21. The summed E-state index contributed by atoms with van der Waals surface area (Å²) in [5.41, 5.74) is 0. The molecule has 108 valence electrons. The molecule has 0 aliphatic carbocycles. The summed E-state index contributed by atoms with van der Waals surface area (Å²) in [4.78, 5) is 1.11. The number of rotatable bonds is 8. The van der Waals surface area contributed by atoms with Gasteiger partial charge in [-0.15, -0.1) is 11.8 Å². The highest BCUT2D eigenvalue weighted by Gasteiger charge is 2.12. The van der Waals surface area contributed by atoms with E-state index >= 15 is 0 Å². The van der Waals surface area contributed by atoms with E-state index < -0.39 is 9.84 Å². The van der Waals surface area contributed by atoms with Crippen molar-refractivity contribution in [1.29, 1.82) is 0 Å². The Morgan fingerprint density at radius 3 is 2.74 bits per heavy atom. The van der Waals surface area contributed by atoms with Gasteiger partial charge in [0.05, 0.1) is 5.75 Å². The Morgan fingerprint density at radius 2 is 2.16 bits per heavy atom. The Labute approximate surface area is 125 Å². The molecule has 0 aliphatic heterocycles. The van der Waals surface area contributed by atoms with Gasteiger partial charge in [0.1, 0.15) is 9.84 Å². The molecule has 0 saturated carbocycles. The quantitative estimate of drug-likeness (QED) is 0.748. The third-order valence-corrected chi connectivity index (χ3v) is 4.95. The van der Waals surface area contributed by atoms with E-state index in [-0.39, 0.29) is 11.8 Å². The number of benzene rings is 1. The Hall–Kier alpha value is -0.230. The largest absolute Gasteiger partial charge is 0.313 e. The van der Waals surface area contributed by atoms with Gasteiger partial charge in [0.15, 0.2) is 0 Å². The van der Waals surface area contributed by atoms with Crippen LogP contribution in [0.3, 0.4) is 0 Å². The molecule has 1 atom stereocenters.